The van der Waals surface area contributed by atoms with Gasteiger partial charge in [0.1, 0.15) is 0 Å². The van der Waals surface area contributed by atoms with E-state index >= 15 is 0 Å². The van der Waals surface area contributed by atoms with E-state index in [4.69, 9.17) is 9.47 Å². The molecule has 0 radical (unpaired) electrons. The van der Waals surface area contributed by atoms with Gasteiger partial charge >= 0.3 is 0 Å². The molecule has 3 heterocycles. The first-order valence-corrected chi connectivity index (χ1v) is 9.91. The summed E-state index contributed by atoms with van der Waals surface area (Å²) >= 11 is 0. The Balaban J connectivity index is 1.54. The number of H-pyrrole nitrogens is 1. The Kier molecular flexibility index (Phi) is 5.19. The van der Waals surface area contributed by atoms with Crippen molar-refractivity contribution in [2.75, 3.05) is 33.4 Å². The first kappa shape index (κ1) is 18.4. The topological polar surface area (TPSA) is 87.8 Å². The summed E-state index contributed by atoms with van der Waals surface area (Å²) in [6, 6.07) is -0.0731. The molecule has 1 saturated heterocycles. The predicted molar refractivity (Wildman–Crippen MR) is 97.2 cm³/mol. The highest BCUT2D eigenvalue weighted by atomic mass is 16.5. The summed E-state index contributed by atoms with van der Waals surface area (Å²) in [5.74, 6) is 0.0392. The second-order valence-corrected chi connectivity index (χ2v) is 7.67. The van der Waals surface area contributed by atoms with Gasteiger partial charge in [0, 0.05) is 43.7 Å². The number of aromatic amines is 1. The first-order chi connectivity index (χ1) is 13.1. The normalized spacial score (nSPS) is 27.6. The van der Waals surface area contributed by atoms with Crippen LogP contribution in [0, 0.1) is 5.92 Å². The summed E-state index contributed by atoms with van der Waals surface area (Å²) in [6.07, 6.45) is 3.04. The molecule has 4 rings (SSSR count). The van der Waals surface area contributed by atoms with Crippen molar-refractivity contribution >= 4 is 11.8 Å². The highest BCUT2D eigenvalue weighted by molar-refractivity contribution is 5.94. The van der Waals surface area contributed by atoms with E-state index in [-0.39, 0.29) is 29.9 Å². The second kappa shape index (κ2) is 7.59. The van der Waals surface area contributed by atoms with Gasteiger partial charge in [0.15, 0.2) is 5.69 Å². The quantitative estimate of drug-likeness (QED) is 0.849. The summed E-state index contributed by atoms with van der Waals surface area (Å²) < 4.78 is 11.5. The molecule has 3 aliphatic rings. The fourth-order valence-corrected chi connectivity index (χ4v) is 4.48. The van der Waals surface area contributed by atoms with E-state index < -0.39 is 0 Å². The van der Waals surface area contributed by atoms with Crippen LogP contribution in [0.4, 0.5) is 0 Å². The van der Waals surface area contributed by atoms with Crippen molar-refractivity contribution in [1.82, 2.24) is 20.0 Å². The van der Waals surface area contributed by atoms with E-state index in [2.05, 4.69) is 10.2 Å². The van der Waals surface area contributed by atoms with E-state index in [0.717, 1.165) is 30.5 Å². The van der Waals surface area contributed by atoms with Crippen LogP contribution in [0.1, 0.15) is 47.9 Å². The van der Waals surface area contributed by atoms with Gasteiger partial charge in [0.25, 0.3) is 5.91 Å². The van der Waals surface area contributed by atoms with Crippen LogP contribution in [0.5, 0.6) is 0 Å². The van der Waals surface area contributed by atoms with Crippen LogP contribution in [0.15, 0.2) is 0 Å². The Morgan fingerprint density at radius 2 is 2.19 bits per heavy atom. The third kappa shape index (κ3) is 3.36. The molecule has 0 aromatic carbocycles. The second-order valence-electron chi connectivity index (χ2n) is 7.67. The van der Waals surface area contributed by atoms with Crippen LogP contribution < -0.4 is 0 Å². The smallest absolute Gasteiger partial charge is 0.275 e. The Hall–Kier alpha value is -1.93. The average Bonchev–Trinajstić information content (AvgIpc) is 3.15. The largest absolute Gasteiger partial charge is 0.376 e. The maximum atomic E-state index is 13.3. The van der Waals surface area contributed by atoms with Gasteiger partial charge in [-0.2, -0.15) is 5.10 Å². The Labute approximate surface area is 159 Å². The molecule has 8 nitrogen and oxygen atoms in total. The number of rotatable bonds is 3. The predicted octanol–water partition coefficient (Wildman–Crippen LogP) is 0.970. The van der Waals surface area contributed by atoms with Gasteiger partial charge < -0.3 is 19.3 Å². The third-order valence-corrected chi connectivity index (χ3v) is 6.18. The number of amides is 2. The molecule has 0 bridgehead atoms. The lowest BCUT2D eigenvalue weighted by Gasteiger charge is -2.45. The zero-order valence-corrected chi connectivity index (χ0v) is 16.1. The van der Waals surface area contributed by atoms with E-state index in [9.17, 15) is 9.59 Å². The van der Waals surface area contributed by atoms with E-state index in [1.807, 2.05) is 18.9 Å². The summed E-state index contributed by atoms with van der Waals surface area (Å²) in [7, 11) is 1.84. The van der Waals surface area contributed by atoms with Crippen molar-refractivity contribution in [2.24, 2.45) is 5.92 Å². The number of carbonyl (C=O) groups excluding carboxylic acids is 2. The monoisotopic (exact) mass is 376 g/mol. The van der Waals surface area contributed by atoms with Crippen molar-refractivity contribution in [2.45, 2.75) is 51.4 Å². The van der Waals surface area contributed by atoms with Gasteiger partial charge in [-0.1, -0.05) is 0 Å². The molecule has 0 unspecified atom stereocenters. The van der Waals surface area contributed by atoms with Crippen LogP contribution in [-0.2, 0) is 27.3 Å². The van der Waals surface area contributed by atoms with Gasteiger partial charge in [-0.3, -0.25) is 14.7 Å². The molecule has 3 atom stereocenters. The fourth-order valence-electron chi connectivity index (χ4n) is 4.48. The molecule has 1 N–H and O–H groups in total. The highest BCUT2D eigenvalue weighted by Gasteiger charge is 2.43. The Morgan fingerprint density at radius 1 is 1.33 bits per heavy atom. The first-order valence-electron chi connectivity index (χ1n) is 9.91. The van der Waals surface area contributed by atoms with E-state index in [1.54, 1.807) is 4.90 Å². The van der Waals surface area contributed by atoms with Gasteiger partial charge in [0.05, 0.1) is 32.0 Å². The van der Waals surface area contributed by atoms with Crippen LogP contribution in [0.2, 0.25) is 0 Å². The molecule has 2 amide bonds. The van der Waals surface area contributed by atoms with Gasteiger partial charge in [0.2, 0.25) is 5.91 Å². The molecular weight excluding hydrogens is 348 g/mol. The van der Waals surface area contributed by atoms with Gasteiger partial charge in [-0.15, -0.1) is 0 Å². The van der Waals surface area contributed by atoms with Crippen LogP contribution in [-0.4, -0.2) is 77.3 Å². The molecule has 1 saturated carbocycles. The number of carbonyl (C=O) groups is 2. The molecule has 1 aromatic heterocycles. The van der Waals surface area contributed by atoms with E-state index in [1.165, 1.54) is 0 Å². The summed E-state index contributed by atoms with van der Waals surface area (Å²) in [4.78, 5) is 29.6. The van der Waals surface area contributed by atoms with Crippen LogP contribution >= 0.6 is 0 Å². The maximum absolute atomic E-state index is 13.3. The zero-order valence-electron chi connectivity index (χ0n) is 16.1. The minimum absolute atomic E-state index is 0.00435. The fraction of sp³-hybridized carbons (Fsp3) is 0.737. The number of fused-ring (bicyclic) bond motifs is 2. The average molecular weight is 376 g/mol. The third-order valence-electron chi connectivity index (χ3n) is 6.18. The molecule has 1 aliphatic carbocycles. The number of ether oxygens (including phenoxy) is 2. The van der Waals surface area contributed by atoms with Crippen LogP contribution in [0.25, 0.3) is 0 Å². The Morgan fingerprint density at radius 3 is 3.00 bits per heavy atom. The maximum Gasteiger partial charge on any atom is 0.275 e. The molecule has 2 aliphatic heterocycles. The van der Waals surface area contributed by atoms with Crippen molar-refractivity contribution in [3.05, 3.63) is 17.0 Å². The highest BCUT2D eigenvalue weighted by Crippen LogP contribution is 2.34. The lowest BCUT2D eigenvalue weighted by atomic mass is 9.81. The summed E-state index contributed by atoms with van der Waals surface area (Å²) in [5, 5.41) is 7.29. The molecule has 2 fully saturated rings. The van der Waals surface area contributed by atoms with E-state index in [0.29, 0.717) is 45.0 Å². The summed E-state index contributed by atoms with van der Waals surface area (Å²) in [5.41, 5.74) is 2.34. The number of nitrogens with one attached hydrogen (secondary N) is 1. The summed E-state index contributed by atoms with van der Waals surface area (Å²) in [6.45, 7) is 4.82. The van der Waals surface area contributed by atoms with Gasteiger partial charge in [-0.05, 0) is 26.2 Å². The Bertz CT molecular complexity index is 719. The van der Waals surface area contributed by atoms with Crippen molar-refractivity contribution in [3.63, 3.8) is 0 Å². The number of aromatic nitrogens is 2. The zero-order chi connectivity index (χ0) is 19.0. The SMILES string of the molecule is CCN(C)C(=O)[C@H]1CC[C@H]2OCCN(C(=O)c3n[nH]c4c3COCC4)[C@@H]2C1. The minimum atomic E-state index is -0.0757. The molecule has 27 heavy (non-hydrogen) atoms. The number of hydrogen-bond acceptors (Lipinski definition) is 5. The molecular formula is C19H28N4O4. The minimum Gasteiger partial charge on any atom is -0.376 e. The van der Waals surface area contributed by atoms with Crippen molar-refractivity contribution in [3.8, 4) is 0 Å². The number of nitrogens with zero attached hydrogens (tertiary/aromatic N) is 3. The molecule has 148 valence electrons. The standard InChI is InChI=1S/C19H28N4O4/c1-3-22(2)18(24)12-4-5-16-15(10-12)23(7-9-27-16)19(25)17-13-11-26-8-6-14(13)20-21-17/h12,15-16H,3-11H2,1-2H3,(H,20,21)/t12-,15+,16+/m0/s1. The van der Waals surface area contributed by atoms with Crippen molar-refractivity contribution < 1.29 is 19.1 Å². The lowest BCUT2D eigenvalue weighted by molar-refractivity contribution is -0.140. The lowest BCUT2D eigenvalue weighted by Crippen LogP contribution is -2.57. The van der Waals surface area contributed by atoms with Crippen LogP contribution in [0.3, 0.4) is 0 Å². The molecule has 8 heteroatoms. The molecule has 1 aromatic rings. The number of hydrogen-bond donors (Lipinski definition) is 1. The number of morpholine rings is 1. The van der Waals surface area contributed by atoms with Gasteiger partial charge in [-0.25, -0.2) is 0 Å². The van der Waals surface area contributed by atoms with Crippen molar-refractivity contribution in [1.29, 1.82) is 0 Å². The molecule has 0 spiro atoms.